The van der Waals surface area contributed by atoms with Gasteiger partial charge in [0.25, 0.3) is 0 Å². The Kier molecular flexibility index (Phi) is 3.47. The fourth-order valence-electron chi connectivity index (χ4n) is 1.59. The Hall–Kier alpha value is -1.48. The minimum absolute atomic E-state index is 0.707. The number of rotatable bonds is 4. The maximum atomic E-state index is 5.99. The third kappa shape index (κ3) is 2.76. The Morgan fingerprint density at radius 1 is 1.31 bits per heavy atom. The molecule has 1 aromatic carbocycles. The standard InChI is InChI=1S/C12H13ClN2O/c1-16-12-7-9(6-10(13)8-12)2-3-11-4-5-14-15-11/h4-8H,2-3H2,1H3,(H,14,15). The molecular weight excluding hydrogens is 224 g/mol. The van der Waals surface area contributed by atoms with Crippen molar-refractivity contribution in [2.75, 3.05) is 7.11 Å². The topological polar surface area (TPSA) is 37.9 Å². The van der Waals surface area contributed by atoms with Gasteiger partial charge in [0.2, 0.25) is 0 Å². The van der Waals surface area contributed by atoms with Crippen molar-refractivity contribution in [3.8, 4) is 5.75 Å². The second kappa shape index (κ2) is 5.03. The second-order valence-corrected chi connectivity index (χ2v) is 4.02. The average Bonchev–Trinajstić information content (AvgIpc) is 2.78. The number of aromatic amines is 1. The van der Waals surface area contributed by atoms with Crippen molar-refractivity contribution >= 4 is 11.6 Å². The monoisotopic (exact) mass is 236 g/mol. The van der Waals surface area contributed by atoms with Crippen LogP contribution in [0.15, 0.2) is 30.5 Å². The highest BCUT2D eigenvalue weighted by molar-refractivity contribution is 6.30. The zero-order valence-corrected chi connectivity index (χ0v) is 9.79. The number of ether oxygens (including phenoxy) is 1. The van der Waals surface area contributed by atoms with Gasteiger partial charge in [-0.2, -0.15) is 5.10 Å². The van der Waals surface area contributed by atoms with Crippen LogP contribution in [0.1, 0.15) is 11.3 Å². The lowest BCUT2D eigenvalue weighted by atomic mass is 10.1. The number of halogens is 1. The number of hydrogen-bond acceptors (Lipinski definition) is 2. The van der Waals surface area contributed by atoms with Gasteiger partial charge in [0.15, 0.2) is 0 Å². The number of aromatic nitrogens is 2. The summed E-state index contributed by atoms with van der Waals surface area (Å²) in [7, 11) is 1.64. The van der Waals surface area contributed by atoms with E-state index in [-0.39, 0.29) is 0 Å². The van der Waals surface area contributed by atoms with Crippen molar-refractivity contribution < 1.29 is 4.74 Å². The molecule has 0 aliphatic rings. The van der Waals surface area contributed by atoms with Crippen molar-refractivity contribution in [1.82, 2.24) is 10.2 Å². The lowest BCUT2D eigenvalue weighted by molar-refractivity contribution is 0.414. The van der Waals surface area contributed by atoms with E-state index in [1.165, 1.54) is 5.56 Å². The normalized spacial score (nSPS) is 10.4. The Labute approximate surface area is 99.4 Å². The molecular formula is C12H13ClN2O. The molecule has 0 aliphatic heterocycles. The molecule has 0 spiro atoms. The van der Waals surface area contributed by atoms with Gasteiger partial charge in [0, 0.05) is 16.9 Å². The number of H-pyrrole nitrogens is 1. The Bertz CT molecular complexity index is 454. The molecule has 0 bridgehead atoms. The molecule has 0 atom stereocenters. The van der Waals surface area contributed by atoms with Crippen LogP contribution in [0, 0.1) is 0 Å². The minimum Gasteiger partial charge on any atom is -0.497 e. The number of benzene rings is 1. The third-order valence-electron chi connectivity index (χ3n) is 2.41. The second-order valence-electron chi connectivity index (χ2n) is 3.58. The molecule has 84 valence electrons. The first kappa shape index (κ1) is 11.0. The smallest absolute Gasteiger partial charge is 0.120 e. The first-order chi connectivity index (χ1) is 7.78. The van der Waals surface area contributed by atoms with Gasteiger partial charge >= 0.3 is 0 Å². The van der Waals surface area contributed by atoms with Crippen LogP contribution in [0.3, 0.4) is 0 Å². The fraction of sp³-hybridized carbons (Fsp3) is 0.250. The summed E-state index contributed by atoms with van der Waals surface area (Å²) in [6, 6.07) is 7.74. The fourth-order valence-corrected chi connectivity index (χ4v) is 1.83. The average molecular weight is 237 g/mol. The molecule has 0 fully saturated rings. The summed E-state index contributed by atoms with van der Waals surface area (Å²) in [5.74, 6) is 0.798. The van der Waals surface area contributed by atoms with Gasteiger partial charge in [0.1, 0.15) is 5.75 Å². The van der Waals surface area contributed by atoms with Crippen molar-refractivity contribution in [1.29, 1.82) is 0 Å². The van der Waals surface area contributed by atoms with E-state index in [0.29, 0.717) is 5.02 Å². The number of methoxy groups -OCH3 is 1. The molecule has 0 saturated carbocycles. The predicted molar refractivity (Wildman–Crippen MR) is 64.0 cm³/mol. The van der Waals surface area contributed by atoms with E-state index in [2.05, 4.69) is 10.2 Å². The van der Waals surface area contributed by atoms with Gasteiger partial charge in [-0.1, -0.05) is 11.6 Å². The van der Waals surface area contributed by atoms with E-state index in [1.54, 1.807) is 19.4 Å². The molecule has 2 aromatic rings. The van der Waals surface area contributed by atoms with Crippen LogP contribution in [-0.4, -0.2) is 17.3 Å². The van der Waals surface area contributed by atoms with Crippen LogP contribution in [0.4, 0.5) is 0 Å². The zero-order chi connectivity index (χ0) is 11.4. The summed E-state index contributed by atoms with van der Waals surface area (Å²) in [6.45, 7) is 0. The molecule has 1 N–H and O–H groups in total. The molecule has 0 saturated heterocycles. The van der Waals surface area contributed by atoms with Gasteiger partial charge in [-0.25, -0.2) is 0 Å². The van der Waals surface area contributed by atoms with Crippen LogP contribution in [-0.2, 0) is 12.8 Å². The van der Waals surface area contributed by atoms with Crippen molar-refractivity contribution in [3.63, 3.8) is 0 Å². The summed E-state index contributed by atoms with van der Waals surface area (Å²) < 4.78 is 5.17. The third-order valence-corrected chi connectivity index (χ3v) is 2.63. The highest BCUT2D eigenvalue weighted by Crippen LogP contribution is 2.21. The van der Waals surface area contributed by atoms with Crippen LogP contribution >= 0.6 is 11.6 Å². The summed E-state index contributed by atoms with van der Waals surface area (Å²) in [5, 5.41) is 7.55. The lowest BCUT2D eigenvalue weighted by Crippen LogP contribution is -1.93. The first-order valence-electron chi connectivity index (χ1n) is 5.09. The minimum atomic E-state index is 0.707. The molecule has 0 amide bonds. The van der Waals surface area contributed by atoms with Crippen molar-refractivity contribution in [2.24, 2.45) is 0 Å². The van der Waals surface area contributed by atoms with Crippen LogP contribution < -0.4 is 4.74 Å². The molecule has 2 rings (SSSR count). The van der Waals surface area contributed by atoms with E-state index in [1.807, 2.05) is 18.2 Å². The highest BCUT2D eigenvalue weighted by Gasteiger charge is 2.01. The van der Waals surface area contributed by atoms with Gasteiger partial charge < -0.3 is 4.74 Å². The van der Waals surface area contributed by atoms with Gasteiger partial charge in [-0.3, -0.25) is 5.10 Å². The van der Waals surface area contributed by atoms with Crippen LogP contribution in [0.25, 0.3) is 0 Å². The number of nitrogens with zero attached hydrogens (tertiary/aromatic N) is 1. The molecule has 16 heavy (non-hydrogen) atoms. The summed E-state index contributed by atoms with van der Waals surface area (Å²) in [5.41, 5.74) is 2.29. The van der Waals surface area contributed by atoms with Crippen LogP contribution in [0.5, 0.6) is 5.75 Å². The van der Waals surface area contributed by atoms with E-state index in [4.69, 9.17) is 16.3 Å². The molecule has 1 heterocycles. The maximum absolute atomic E-state index is 5.99. The lowest BCUT2D eigenvalue weighted by Gasteiger charge is -2.05. The largest absolute Gasteiger partial charge is 0.497 e. The summed E-state index contributed by atoms with van der Waals surface area (Å²) in [4.78, 5) is 0. The number of aryl methyl sites for hydroxylation is 2. The molecule has 0 aliphatic carbocycles. The van der Waals surface area contributed by atoms with Gasteiger partial charge in [0.05, 0.1) is 7.11 Å². The van der Waals surface area contributed by atoms with Gasteiger partial charge in [-0.15, -0.1) is 0 Å². The first-order valence-corrected chi connectivity index (χ1v) is 5.47. The summed E-state index contributed by atoms with van der Waals surface area (Å²) >= 11 is 5.99. The van der Waals surface area contributed by atoms with E-state index >= 15 is 0 Å². The zero-order valence-electron chi connectivity index (χ0n) is 9.03. The molecule has 4 heteroatoms. The van der Waals surface area contributed by atoms with E-state index < -0.39 is 0 Å². The Balaban J connectivity index is 2.06. The Morgan fingerprint density at radius 3 is 2.88 bits per heavy atom. The number of nitrogens with one attached hydrogen (secondary N) is 1. The molecule has 0 radical (unpaired) electrons. The maximum Gasteiger partial charge on any atom is 0.120 e. The molecule has 3 nitrogen and oxygen atoms in total. The summed E-state index contributed by atoms with van der Waals surface area (Å²) in [6.07, 6.45) is 3.59. The Morgan fingerprint density at radius 2 is 2.19 bits per heavy atom. The molecule has 0 unspecified atom stereocenters. The quantitative estimate of drug-likeness (QED) is 0.887. The SMILES string of the molecule is COc1cc(Cl)cc(CCc2ccn[nH]2)c1. The van der Waals surface area contributed by atoms with Crippen molar-refractivity contribution in [3.05, 3.63) is 46.7 Å². The van der Waals surface area contributed by atoms with E-state index in [0.717, 1.165) is 24.3 Å². The number of hydrogen-bond donors (Lipinski definition) is 1. The van der Waals surface area contributed by atoms with Crippen LogP contribution in [0.2, 0.25) is 5.02 Å². The van der Waals surface area contributed by atoms with Crippen molar-refractivity contribution in [2.45, 2.75) is 12.8 Å². The highest BCUT2D eigenvalue weighted by atomic mass is 35.5. The van der Waals surface area contributed by atoms with E-state index in [9.17, 15) is 0 Å². The van der Waals surface area contributed by atoms with Gasteiger partial charge in [-0.05, 0) is 42.7 Å². The predicted octanol–water partition coefficient (Wildman–Crippen LogP) is 2.86. The molecule has 1 aromatic heterocycles.